The molecule has 0 spiro atoms. The summed E-state index contributed by atoms with van der Waals surface area (Å²) in [5, 5.41) is 20.9. The second-order valence-corrected chi connectivity index (χ2v) is 8.74. The van der Waals surface area contributed by atoms with Crippen LogP contribution in [0.25, 0.3) is 11.0 Å². The Kier molecular flexibility index (Phi) is 6.58. The number of ether oxygens (including phenoxy) is 2. The molecule has 1 aliphatic rings. The average molecular weight is 509 g/mol. The van der Waals surface area contributed by atoms with Crippen molar-refractivity contribution in [1.82, 2.24) is 0 Å². The number of amides is 1. The number of rotatable bonds is 8. The number of nitrogens with zero attached hydrogens (tertiary/aromatic N) is 2. The molecule has 1 atom stereocenters. The quantitative estimate of drug-likeness (QED) is 0.296. The van der Waals surface area contributed by atoms with Gasteiger partial charge in [-0.05, 0) is 60.5 Å². The number of nitriles is 1. The third-order valence-corrected chi connectivity index (χ3v) is 6.33. The lowest BCUT2D eigenvalue weighted by Crippen LogP contribution is -2.31. The van der Waals surface area contributed by atoms with Gasteiger partial charge in [0.25, 0.3) is 5.91 Å². The summed E-state index contributed by atoms with van der Waals surface area (Å²) in [4.78, 5) is 28.7. The van der Waals surface area contributed by atoms with Crippen LogP contribution in [-0.4, -0.2) is 30.5 Å². The number of para-hydroxylation sites is 1. The maximum atomic E-state index is 13.9. The molecule has 1 aliphatic heterocycles. The fourth-order valence-electron chi connectivity index (χ4n) is 4.55. The Bertz CT molecular complexity index is 1610. The standard InChI is InChI=1S/C30H24N2O6/c1-3-14-37-22-8-4-6-19(15-22)26-25(27(33)24-16-20-7-5-9-23(36-2)29(20)38-24)28(34)30(35)32(26)21-12-10-18(17-31)11-13-21/h4-13,15-16,26,34H,3,14H2,1-2H3. The molecule has 0 fully saturated rings. The second kappa shape index (κ2) is 10.1. The van der Waals surface area contributed by atoms with Crippen molar-refractivity contribution in [3.8, 4) is 17.6 Å². The van der Waals surface area contributed by atoms with E-state index in [-0.39, 0.29) is 11.3 Å². The van der Waals surface area contributed by atoms with Crippen LogP contribution in [0.2, 0.25) is 0 Å². The Hall–Kier alpha value is -5.03. The minimum Gasteiger partial charge on any atom is -0.503 e. The van der Waals surface area contributed by atoms with Crippen LogP contribution in [0.4, 0.5) is 5.69 Å². The molecule has 38 heavy (non-hydrogen) atoms. The second-order valence-electron chi connectivity index (χ2n) is 8.74. The van der Waals surface area contributed by atoms with Crippen LogP contribution in [-0.2, 0) is 4.79 Å². The van der Waals surface area contributed by atoms with E-state index >= 15 is 0 Å². The number of carbonyl (C=O) groups is 2. The molecule has 0 aliphatic carbocycles. The summed E-state index contributed by atoms with van der Waals surface area (Å²) in [5.41, 5.74) is 1.66. The Balaban J connectivity index is 1.64. The fraction of sp³-hybridized carbons (Fsp3) is 0.167. The van der Waals surface area contributed by atoms with Crippen molar-refractivity contribution >= 4 is 28.3 Å². The van der Waals surface area contributed by atoms with E-state index in [1.54, 1.807) is 72.8 Å². The number of ketones is 1. The molecule has 3 aromatic carbocycles. The van der Waals surface area contributed by atoms with Crippen LogP contribution < -0.4 is 14.4 Å². The highest BCUT2D eigenvalue weighted by atomic mass is 16.5. The summed E-state index contributed by atoms with van der Waals surface area (Å²) in [7, 11) is 1.50. The lowest BCUT2D eigenvalue weighted by atomic mass is 9.94. The van der Waals surface area contributed by atoms with Crippen LogP contribution >= 0.6 is 0 Å². The number of methoxy groups -OCH3 is 1. The summed E-state index contributed by atoms with van der Waals surface area (Å²) in [6, 6.07) is 21.3. The maximum Gasteiger partial charge on any atom is 0.294 e. The van der Waals surface area contributed by atoms with Gasteiger partial charge < -0.3 is 19.0 Å². The first-order chi connectivity index (χ1) is 18.5. The molecule has 1 amide bonds. The topological polar surface area (TPSA) is 113 Å². The van der Waals surface area contributed by atoms with Gasteiger partial charge in [-0.1, -0.05) is 31.2 Å². The molecule has 8 nitrogen and oxygen atoms in total. The predicted octanol–water partition coefficient (Wildman–Crippen LogP) is 5.88. The predicted molar refractivity (Wildman–Crippen MR) is 140 cm³/mol. The number of Topliss-reactive ketones (excluding diaryl/α,β-unsaturated/α-hetero) is 1. The molecule has 0 saturated carbocycles. The number of carbonyl (C=O) groups excluding carboxylic acids is 2. The van der Waals surface area contributed by atoms with E-state index in [1.165, 1.54) is 12.0 Å². The number of fused-ring (bicyclic) bond motifs is 1. The van der Waals surface area contributed by atoms with Crippen molar-refractivity contribution in [2.24, 2.45) is 0 Å². The maximum absolute atomic E-state index is 13.9. The lowest BCUT2D eigenvalue weighted by Gasteiger charge is -2.27. The first-order valence-electron chi connectivity index (χ1n) is 12.1. The number of hydrogen-bond acceptors (Lipinski definition) is 7. The summed E-state index contributed by atoms with van der Waals surface area (Å²) in [6.07, 6.45) is 0.809. The summed E-state index contributed by atoms with van der Waals surface area (Å²) in [5.74, 6) is -1.05. The van der Waals surface area contributed by atoms with Crippen molar-refractivity contribution in [1.29, 1.82) is 5.26 Å². The largest absolute Gasteiger partial charge is 0.503 e. The number of anilines is 1. The summed E-state index contributed by atoms with van der Waals surface area (Å²) < 4.78 is 17.0. The number of aliphatic hydroxyl groups is 1. The first kappa shape index (κ1) is 24.7. The van der Waals surface area contributed by atoms with Crippen LogP contribution in [0, 0.1) is 11.3 Å². The van der Waals surface area contributed by atoms with Gasteiger partial charge >= 0.3 is 0 Å². The van der Waals surface area contributed by atoms with Crippen LogP contribution in [0.15, 0.2) is 88.5 Å². The minimum atomic E-state index is -0.969. The highest BCUT2D eigenvalue weighted by Gasteiger charge is 2.45. The molecule has 8 heteroatoms. The van der Waals surface area contributed by atoms with Gasteiger partial charge in [-0.3, -0.25) is 14.5 Å². The Labute approximate surface area is 218 Å². The van der Waals surface area contributed by atoms with Gasteiger partial charge in [-0.2, -0.15) is 5.26 Å². The average Bonchev–Trinajstić information content (AvgIpc) is 3.51. The monoisotopic (exact) mass is 508 g/mol. The first-order valence-corrected chi connectivity index (χ1v) is 12.1. The molecule has 2 heterocycles. The van der Waals surface area contributed by atoms with E-state index in [1.807, 2.05) is 13.0 Å². The Morgan fingerprint density at radius 3 is 2.58 bits per heavy atom. The Morgan fingerprint density at radius 2 is 1.87 bits per heavy atom. The lowest BCUT2D eigenvalue weighted by molar-refractivity contribution is -0.117. The van der Waals surface area contributed by atoms with Crippen LogP contribution in [0.1, 0.15) is 41.1 Å². The number of benzene rings is 3. The van der Waals surface area contributed by atoms with E-state index in [0.717, 1.165) is 6.42 Å². The van der Waals surface area contributed by atoms with Gasteiger partial charge in [0.1, 0.15) is 5.75 Å². The van der Waals surface area contributed by atoms with Gasteiger partial charge in [-0.25, -0.2) is 0 Å². The van der Waals surface area contributed by atoms with Gasteiger partial charge in [0, 0.05) is 11.1 Å². The normalized spacial score (nSPS) is 15.1. The molecule has 0 saturated heterocycles. The van der Waals surface area contributed by atoms with Gasteiger partial charge in [0.05, 0.1) is 37.0 Å². The van der Waals surface area contributed by atoms with E-state index in [4.69, 9.17) is 13.9 Å². The third-order valence-electron chi connectivity index (χ3n) is 6.33. The summed E-state index contributed by atoms with van der Waals surface area (Å²) >= 11 is 0. The molecular formula is C30H24N2O6. The molecule has 1 unspecified atom stereocenters. The zero-order valence-electron chi connectivity index (χ0n) is 20.8. The summed E-state index contributed by atoms with van der Waals surface area (Å²) in [6.45, 7) is 2.49. The zero-order valence-corrected chi connectivity index (χ0v) is 20.8. The molecule has 190 valence electrons. The van der Waals surface area contributed by atoms with Gasteiger partial charge in [-0.15, -0.1) is 0 Å². The van der Waals surface area contributed by atoms with Crippen molar-refractivity contribution in [3.05, 3.63) is 101 Å². The van der Waals surface area contributed by atoms with E-state index < -0.39 is 23.5 Å². The number of hydrogen-bond donors (Lipinski definition) is 1. The SMILES string of the molecule is CCCOc1cccc(C2C(C(=O)c3cc4cccc(OC)c4o3)=C(O)C(=O)N2c2ccc(C#N)cc2)c1. The highest BCUT2D eigenvalue weighted by molar-refractivity contribution is 6.20. The van der Waals surface area contributed by atoms with Crippen molar-refractivity contribution in [2.45, 2.75) is 19.4 Å². The van der Waals surface area contributed by atoms with Gasteiger partial charge in [0.15, 0.2) is 22.9 Å². The molecular weight excluding hydrogens is 484 g/mol. The van der Waals surface area contributed by atoms with Crippen LogP contribution in [0.3, 0.4) is 0 Å². The van der Waals surface area contributed by atoms with Gasteiger partial charge in [0.2, 0.25) is 5.78 Å². The molecule has 4 aromatic rings. The molecule has 0 radical (unpaired) electrons. The van der Waals surface area contributed by atoms with Crippen molar-refractivity contribution < 1.29 is 28.6 Å². The molecule has 0 bridgehead atoms. The third kappa shape index (κ3) is 4.24. The van der Waals surface area contributed by atoms with E-state index in [2.05, 4.69) is 0 Å². The van der Waals surface area contributed by atoms with E-state index in [0.29, 0.717) is 45.9 Å². The minimum absolute atomic E-state index is 0.0380. The van der Waals surface area contributed by atoms with Crippen molar-refractivity contribution in [2.75, 3.05) is 18.6 Å². The smallest absolute Gasteiger partial charge is 0.294 e. The fourth-order valence-corrected chi connectivity index (χ4v) is 4.55. The zero-order chi connectivity index (χ0) is 26.8. The van der Waals surface area contributed by atoms with E-state index in [9.17, 15) is 20.0 Å². The highest BCUT2D eigenvalue weighted by Crippen LogP contribution is 2.43. The van der Waals surface area contributed by atoms with Crippen LogP contribution in [0.5, 0.6) is 11.5 Å². The molecule has 5 rings (SSSR count). The molecule has 1 aromatic heterocycles. The number of furan rings is 1. The van der Waals surface area contributed by atoms with Crippen molar-refractivity contribution in [3.63, 3.8) is 0 Å². The number of aliphatic hydroxyl groups excluding tert-OH is 1. The Morgan fingerprint density at radius 1 is 1.11 bits per heavy atom. The molecule has 1 N–H and O–H groups in total.